The number of aromatic nitrogens is 2. The van der Waals surface area contributed by atoms with Gasteiger partial charge in [0.05, 0.1) is 30.8 Å². The highest BCUT2D eigenvalue weighted by Crippen LogP contribution is 2.26. The summed E-state index contributed by atoms with van der Waals surface area (Å²) in [5.41, 5.74) is 4.18. The van der Waals surface area contributed by atoms with E-state index in [0.717, 1.165) is 28.3 Å². The van der Waals surface area contributed by atoms with E-state index in [-0.39, 0.29) is 6.61 Å². The first kappa shape index (κ1) is 14.2. The topological polar surface area (TPSA) is 55.2 Å². The summed E-state index contributed by atoms with van der Waals surface area (Å²) in [6.07, 6.45) is 1.73. The van der Waals surface area contributed by atoms with E-state index in [1.807, 2.05) is 54.6 Å². The fourth-order valence-corrected chi connectivity index (χ4v) is 2.26. The number of rotatable bonds is 4. The largest absolute Gasteiger partial charge is 0.497 e. The smallest absolute Gasteiger partial charge is 0.118 e. The summed E-state index contributed by atoms with van der Waals surface area (Å²) >= 11 is 0. The lowest BCUT2D eigenvalue weighted by Gasteiger charge is -2.08. The first-order valence-electron chi connectivity index (χ1n) is 6.98. The van der Waals surface area contributed by atoms with Gasteiger partial charge in [0.25, 0.3) is 0 Å². The van der Waals surface area contributed by atoms with Gasteiger partial charge in [-0.2, -0.15) is 0 Å². The molecule has 0 fully saturated rings. The Bertz CT molecular complexity index is 756. The van der Waals surface area contributed by atoms with Crippen LogP contribution in [0.1, 0.15) is 5.69 Å². The maximum Gasteiger partial charge on any atom is 0.118 e. The van der Waals surface area contributed by atoms with Gasteiger partial charge < -0.3 is 9.84 Å². The second kappa shape index (κ2) is 6.37. The van der Waals surface area contributed by atoms with Crippen molar-refractivity contribution in [3.63, 3.8) is 0 Å². The number of ether oxygens (including phenoxy) is 1. The van der Waals surface area contributed by atoms with Gasteiger partial charge in [0.15, 0.2) is 0 Å². The first-order chi connectivity index (χ1) is 10.8. The number of methoxy groups -OCH3 is 1. The molecule has 0 bridgehead atoms. The Morgan fingerprint density at radius 1 is 0.955 bits per heavy atom. The molecule has 2 heterocycles. The van der Waals surface area contributed by atoms with E-state index < -0.39 is 0 Å². The third-order valence-corrected chi connectivity index (χ3v) is 3.39. The van der Waals surface area contributed by atoms with Crippen molar-refractivity contribution in [1.82, 2.24) is 9.97 Å². The van der Waals surface area contributed by atoms with Crippen LogP contribution in [-0.2, 0) is 6.61 Å². The molecule has 0 unspecified atom stereocenters. The van der Waals surface area contributed by atoms with Crippen LogP contribution in [0.2, 0.25) is 0 Å². The lowest BCUT2D eigenvalue weighted by atomic mass is 10.0. The number of hydrogen-bond acceptors (Lipinski definition) is 4. The zero-order valence-corrected chi connectivity index (χ0v) is 12.2. The molecule has 0 saturated heterocycles. The normalized spacial score (nSPS) is 10.5. The molecule has 0 spiro atoms. The Kier molecular flexibility index (Phi) is 4.12. The van der Waals surface area contributed by atoms with E-state index >= 15 is 0 Å². The third-order valence-electron chi connectivity index (χ3n) is 3.39. The lowest BCUT2D eigenvalue weighted by molar-refractivity contribution is 0.277. The number of benzene rings is 1. The van der Waals surface area contributed by atoms with Gasteiger partial charge in [-0.1, -0.05) is 18.2 Å². The van der Waals surface area contributed by atoms with Crippen LogP contribution in [0, 0.1) is 0 Å². The minimum Gasteiger partial charge on any atom is -0.497 e. The molecule has 2 aromatic heterocycles. The highest BCUT2D eigenvalue weighted by atomic mass is 16.5. The molecule has 0 aliphatic rings. The van der Waals surface area contributed by atoms with E-state index in [9.17, 15) is 5.11 Å². The fourth-order valence-electron chi connectivity index (χ4n) is 2.26. The number of nitrogens with zero attached hydrogens (tertiary/aromatic N) is 2. The minimum atomic E-state index is -0.107. The first-order valence-corrected chi connectivity index (χ1v) is 6.98. The zero-order valence-electron chi connectivity index (χ0n) is 12.2. The van der Waals surface area contributed by atoms with Crippen molar-refractivity contribution in [2.24, 2.45) is 0 Å². The number of aliphatic hydroxyl groups excluding tert-OH is 1. The second-order valence-corrected chi connectivity index (χ2v) is 4.83. The molecule has 22 heavy (non-hydrogen) atoms. The van der Waals surface area contributed by atoms with E-state index in [4.69, 9.17) is 4.74 Å². The molecule has 110 valence electrons. The number of pyridine rings is 2. The molecule has 0 amide bonds. The summed E-state index contributed by atoms with van der Waals surface area (Å²) in [5.74, 6) is 0.810. The zero-order chi connectivity index (χ0) is 15.4. The van der Waals surface area contributed by atoms with Crippen molar-refractivity contribution >= 4 is 0 Å². The van der Waals surface area contributed by atoms with Crippen molar-refractivity contribution in [2.75, 3.05) is 7.11 Å². The van der Waals surface area contributed by atoms with Crippen molar-refractivity contribution in [2.45, 2.75) is 6.61 Å². The predicted octanol–water partition coefficient (Wildman–Crippen LogP) is 3.31. The molecule has 0 aliphatic carbocycles. The van der Waals surface area contributed by atoms with E-state index in [2.05, 4.69) is 9.97 Å². The summed E-state index contributed by atoms with van der Waals surface area (Å²) in [5, 5.41) is 9.46. The summed E-state index contributed by atoms with van der Waals surface area (Å²) in [4.78, 5) is 8.77. The van der Waals surface area contributed by atoms with Crippen LogP contribution < -0.4 is 4.74 Å². The molecule has 3 rings (SSSR count). The van der Waals surface area contributed by atoms with E-state index in [0.29, 0.717) is 5.69 Å². The van der Waals surface area contributed by atoms with Crippen molar-refractivity contribution in [1.29, 1.82) is 0 Å². The molecule has 0 aliphatic heterocycles. The summed E-state index contributed by atoms with van der Waals surface area (Å²) in [6.45, 7) is -0.107. The molecular formula is C18H16N2O2. The average molecular weight is 292 g/mol. The van der Waals surface area contributed by atoms with Gasteiger partial charge >= 0.3 is 0 Å². The summed E-state index contributed by atoms with van der Waals surface area (Å²) < 4.78 is 5.18. The van der Waals surface area contributed by atoms with Gasteiger partial charge in [-0.15, -0.1) is 0 Å². The van der Waals surface area contributed by atoms with Gasteiger partial charge in [-0.3, -0.25) is 4.98 Å². The molecule has 4 heteroatoms. The van der Waals surface area contributed by atoms with Crippen molar-refractivity contribution < 1.29 is 9.84 Å². The molecular weight excluding hydrogens is 276 g/mol. The number of aliphatic hydroxyl groups is 1. The Labute approximate surface area is 129 Å². The Morgan fingerprint density at radius 3 is 2.41 bits per heavy atom. The van der Waals surface area contributed by atoms with Crippen LogP contribution in [0.15, 0.2) is 60.8 Å². The van der Waals surface area contributed by atoms with Crippen LogP contribution in [0.5, 0.6) is 5.75 Å². The maximum absolute atomic E-state index is 9.46. The minimum absolute atomic E-state index is 0.107. The maximum atomic E-state index is 9.46. The fraction of sp³-hybridized carbons (Fsp3) is 0.111. The summed E-state index contributed by atoms with van der Waals surface area (Å²) in [7, 11) is 1.64. The predicted molar refractivity (Wildman–Crippen MR) is 85.4 cm³/mol. The Morgan fingerprint density at radius 2 is 1.77 bits per heavy atom. The van der Waals surface area contributed by atoms with E-state index in [1.54, 1.807) is 13.3 Å². The van der Waals surface area contributed by atoms with Crippen LogP contribution in [0.25, 0.3) is 22.5 Å². The lowest BCUT2D eigenvalue weighted by Crippen LogP contribution is -1.95. The average Bonchev–Trinajstić information content (AvgIpc) is 2.62. The SMILES string of the molecule is COc1ccc(-c2cc(CO)nc(-c3ccccn3)c2)cc1. The Balaban J connectivity index is 2.07. The van der Waals surface area contributed by atoms with Gasteiger partial charge in [0, 0.05) is 6.20 Å². The molecule has 0 radical (unpaired) electrons. The van der Waals surface area contributed by atoms with Crippen LogP contribution in [0.3, 0.4) is 0 Å². The van der Waals surface area contributed by atoms with Crippen LogP contribution >= 0.6 is 0 Å². The highest BCUT2D eigenvalue weighted by Gasteiger charge is 2.07. The van der Waals surface area contributed by atoms with Gasteiger partial charge in [0.2, 0.25) is 0 Å². The monoisotopic (exact) mass is 292 g/mol. The van der Waals surface area contributed by atoms with Gasteiger partial charge in [-0.25, -0.2) is 4.98 Å². The molecule has 1 aromatic carbocycles. The van der Waals surface area contributed by atoms with Crippen LogP contribution in [0.4, 0.5) is 0 Å². The number of hydrogen-bond donors (Lipinski definition) is 1. The highest BCUT2D eigenvalue weighted by molar-refractivity contribution is 5.70. The quantitative estimate of drug-likeness (QED) is 0.801. The molecule has 3 aromatic rings. The van der Waals surface area contributed by atoms with Crippen LogP contribution in [-0.4, -0.2) is 22.2 Å². The van der Waals surface area contributed by atoms with Gasteiger partial charge in [-0.05, 0) is 47.5 Å². The summed E-state index contributed by atoms with van der Waals surface area (Å²) in [6, 6.07) is 17.3. The Hall–Kier alpha value is -2.72. The third kappa shape index (κ3) is 2.97. The standard InChI is InChI=1S/C18H16N2O2/c1-22-16-7-5-13(6-8-16)14-10-15(12-21)20-18(11-14)17-4-2-3-9-19-17/h2-11,21H,12H2,1H3. The second-order valence-electron chi connectivity index (χ2n) is 4.83. The van der Waals surface area contributed by atoms with E-state index in [1.165, 1.54) is 0 Å². The van der Waals surface area contributed by atoms with Gasteiger partial charge in [0.1, 0.15) is 5.75 Å². The molecule has 1 N–H and O–H groups in total. The van der Waals surface area contributed by atoms with Crippen molar-refractivity contribution in [3.05, 3.63) is 66.5 Å². The molecule has 0 atom stereocenters. The van der Waals surface area contributed by atoms with Crippen molar-refractivity contribution in [3.8, 4) is 28.3 Å². The molecule has 0 saturated carbocycles. The molecule has 4 nitrogen and oxygen atoms in total.